The minimum Gasteiger partial charge on any atom is -0.365 e. The smallest absolute Gasteiger partial charge is 0.165 e. The van der Waals surface area contributed by atoms with Crippen LogP contribution in [-0.2, 0) is 0 Å². The first-order chi connectivity index (χ1) is 8.31. The lowest BCUT2D eigenvalue weighted by atomic mass is 9.83. The Morgan fingerprint density at radius 2 is 2.18 bits per heavy atom. The maximum Gasteiger partial charge on any atom is 0.165 e. The monoisotopic (exact) mass is 236 g/mol. The Morgan fingerprint density at radius 3 is 2.82 bits per heavy atom. The molecule has 1 aliphatic carbocycles. The molecule has 1 fully saturated rings. The molecule has 1 aliphatic rings. The number of nitrogens with one attached hydrogen (secondary N) is 1. The van der Waals surface area contributed by atoms with Gasteiger partial charge in [0.25, 0.3) is 0 Å². The van der Waals surface area contributed by atoms with E-state index in [-0.39, 0.29) is 5.82 Å². The van der Waals surface area contributed by atoms with E-state index in [1.165, 1.54) is 38.2 Å². The lowest BCUT2D eigenvalue weighted by Gasteiger charge is -2.30. The highest BCUT2D eigenvalue weighted by molar-refractivity contribution is 5.36. The van der Waals surface area contributed by atoms with Crippen molar-refractivity contribution in [3.63, 3.8) is 0 Å². The molecule has 17 heavy (non-hydrogen) atoms. The number of halogens is 1. The van der Waals surface area contributed by atoms with E-state index in [1.807, 2.05) is 0 Å². The molecule has 2 rings (SSSR count). The molecule has 0 spiro atoms. The highest BCUT2D eigenvalue weighted by atomic mass is 19.1. The van der Waals surface area contributed by atoms with E-state index in [1.54, 1.807) is 12.3 Å². The number of aromatic nitrogens is 1. The summed E-state index contributed by atoms with van der Waals surface area (Å²) in [6, 6.07) is 3.45. The number of anilines is 1. The van der Waals surface area contributed by atoms with Crippen molar-refractivity contribution in [1.29, 1.82) is 0 Å². The Kier molecular flexibility index (Phi) is 4.35. The Bertz CT molecular complexity index is 348. The average molecular weight is 236 g/mol. The van der Waals surface area contributed by atoms with E-state index in [0.717, 1.165) is 6.42 Å². The van der Waals surface area contributed by atoms with Crippen LogP contribution in [0.3, 0.4) is 0 Å². The van der Waals surface area contributed by atoms with Gasteiger partial charge in [-0.2, -0.15) is 0 Å². The van der Waals surface area contributed by atoms with Crippen LogP contribution >= 0.6 is 0 Å². The van der Waals surface area contributed by atoms with Crippen molar-refractivity contribution in [2.24, 2.45) is 5.92 Å². The quantitative estimate of drug-likeness (QED) is 0.855. The first-order valence-electron chi connectivity index (χ1n) is 6.68. The van der Waals surface area contributed by atoms with Crippen molar-refractivity contribution in [1.82, 2.24) is 4.98 Å². The van der Waals surface area contributed by atoms with Gasteiger partial charge in [0, 0.05) is 12.2 Å². The van der Waals surface area contributed by atoms with Gasteiger partial charge in [-0.3, -0.25) is 0 Å². The highest BCUT2D eigenvalue weighted by Crippen LogP contribution is 2.29. The normalized spacial score (nSPS) is 18.9. The molecule has 0 amide bonds. The van der Waals surface area contributed by atoms with Crippen LogP contribution in [0.25, 0.3) is 0 Å². The van der Waals surface area contributed by atoms with Crippen molar-refractivity contribution in [3.05, 3.63) is 24.1 Å². The molecule has 1 atom stereocenters. The van der Waals surface area contributed by atoms with E-state index in [4.69, 9.17) is 0 Å². The molecule has 1 saturated carbocycles. The summed E-state index contributed by atoms with van der Waals surface area (Å²) >= 11 is 0. The third kappa shape index (κ3) is 3.18. The molecule has 0 aromatic carbocycles. The van der Waals surface area contributed by atoms with Gasteiger partial charge in [-0.05, 0) is 37.3 Å². The average Bonchev–Trinajstić information content (AvgIpc) is 2.39. The highest BCUT2D eigenvalue weighted by Gasteiger charge is 2.23. The van der Waals surface area contributed by atoms with Crippen LogP contribution in [0.4, 0.5) is 10.2 Å². The zero-order chi connectivity index (χ0) is 12.1. The van der Waals surface area contributed by atoms with Gasteiger partial charge < -0.3 is 5.32 Å². The first kappa shape index (κ1) is 12.3. The second-order valence-corrected chi connectivity index (χ2v) is 4.89. The van der Waals surface area contributed by atoms with E-state index < -0.39 is 0 Å². The van der Waals surface area contributed by atoms with Gasteiger partial charge in [-0.1, -0.05) is 26.2 Å². The van der Waals surface area contributed by atoms with Crippen LogP contribution in [0.2, 0.25) is 0 Å². The summed E-state index contributed by atoms with van der Waals surface area (Å²) in [5.41, 5.74) is 0. The number of rotatable bonds is 4. The second-order valence-electron chi connectivity index (χ2n) is 4.89. The molecule has 1 heterocycles. The Morgan fingerprint density at radius 1 is 1.41 bits per heavy atom. The fraction of sp³-hybridized carbons (Fsp3) is 0.643. The van der Waals surface area contributed by atoms with Gasteiger partial charge >= 0.3 is 0 Å². The van der Waals surface area contributed by atoms with Gasteiger partial charge in [0.15, 0.2) is 11.6 Å². The number of hydrogen-bond donors (Lipinski definition) is 1. The molecule has 1 aromatic rings. The van der Waals surface area contributed by atoms with E-state index in [9.17, 15) is 4.39 Å². The molecule has 0 radical (unpaired) electrons. The first-order valence-corrected chi connectivity index (χ1v) is 6.68. The molecule has 0 aliphatic heterocycles. The molecule has 0 saturated heterocycles. The maximum atomic E-state index is 13.5. The predicted octanol–water partition coefficient (Wildman–Crippen LogP) is 3.99. The summed E-state index contributed by atoms with van der Waals surface area (Å²) in [4.78, 5) is 4.07. The summed E-state index contributed by atoms with van der Waals surface area (Å²) < 4.78 is 13.5. The van der Waals surface area contributed by atoms with Gasteiger partial charge in [0.1, 0.15) is 0 Å². The molecule has 1 N–H and O–H groups in total. The SMILES string of the molecule is CCC(Nc1ncccc1F)C1CCCCC1. The Labute approximate surface area is 103 Å². The van der Waals surface area contributed by atoms with Crippen molar-refractivity contribution in [2.45, 2.75) is 51.5 Å². The molecule has 1 unspecified atom stereocenters. The largest absolute Gasteiger partial charge is 0.365 e. The number of nitrogens with zero attached hydrogens (tertiary/aromatic N) is 1. The third-order valence-electron chi connectivity index (χ3n) is 3.74. The fourth-order valence-electron chi connectivity index (χ4n) is 2.76. The third-order valence-corrected chi connectivity index (χ3v) is 3.74. The molecular weight excluding hydrogens is 215 g/mol. The van der Waals surface area contributed by atoms with E-state index >= 15 is 0 Å². The lowest BCUT2D eigenvalue weighted by Crippen LogP contribution is -2.30. The van der Waals surface area contributed by atoms with Crippen LogP contribution in [-0.4, -0.2) is 11.0 Å². The van der Waals surface area contributed by atoms with Gasteiger partial charge in [0.05, 0.1) is 0 Å². The van der Waals surface area contributed by atoms with Crippen LogP contribution < -0.4 is 5.32 Å². The summed E-state index contributed by atoms with van der Waals surface area (Å²) in [5.74, 6) is 0.835. The summed E-state index contributed by atoms with van der Waals surface area (Å²) in [6.45, 7) is 2.16. The zero-order valence-electron chi connectivity index (χ0n) is 10.5. The van der Waals surface area contributed by atoms with Crippen LogP contribution in [0, 0.1) is 11.7 Å². The molecular formula is C14H21FN2. The van der Waals surface area contributed by atoms with E-state index in [0.29, 0.717) is 17.8 Å². The van der Waals surface area contributed by atoms with Gasteiger partial charge in [-0.15, -0.1) is 0 Å². The molecule has 94 valence electrons. The predicted molar refractivity (Wildman–Crippen MR) is 68.5 cm³/mol. The summed E-state index contributed by atoms with van der Waals surface area (Å²) in [7, 11) is 0. The summed E-state index contributed by atoms with van der Waals surface area (Å²) in [5, 5.41) is 3.28. The molecule has 3 heteroatoms. The lowest BCUT2D eigenvalue weighted by molar-refractivity contribution is 0.312. The van der Waals surface area contributed by atoms with Gasteiger partial charge in [-0.25, -0.2) is 9.37 Å². The van der Waals surface area contributed by atoms with E-state index in [2.05, 4.69) is 17.2 Å². The number of hydrogen-bond acceptors (Lipinski definition) is 2. The zero-order valence-corrected chi connectivity index (χ0v) is 10.5. The van der Waals surface area contributed by atoms with Crippen LogP contribution in [0.1, 0.15) is 45.4 Å². The van der Waals surface area contributed by atoms with Crippen molar-refractivity contribution < 1.29 is 4.39 Å². The summed E-state index contributed by atoms with van der Waals surface area (Å²) in [6.07, 6.45) is 9.17. The van der Waals surface area contributed by atoms with Crippen molar-refractivity contribution in [2.75, 3.05) is 5.32 Å². The topological polar surface area (TPSA) is 24.9 Å². The molecule has 2 nitrogen and oxygen atoms in total. The second kappa shape index (κ2) is 5.99. The number of pyridine rings is 1. The molecule has 1 aromatic heterocycles. The maximum absolute atomic E-state index is 13.5. The molecule has 0 bridgehead atoms. The van der Waals surface area contributed by atoms with Crippen LogP contribution in [0.5, 0.6) is 0 Å². The van der Waals surface area contributed by atoms with Gasteiger partial charge in [0.2, 0.25) is 0 Å². The fourth-order valence-corrected chi connectivity index (χ4v) is 2.76. The van der Waals surface area contributed by atoms with Crippen molar-refractivity contribution in [3.8, 4) is 0 Å². The van der Waals surface area contributed by atoms with Crippen LogP contribution in [0.15, 0.2) is 18.3 Å². The minimum atomic E-state index is -0.248. The Balaban J connectivity index is 2.01. The Hall–Kier alpha value is -1.12. The van der Waals surface area contributed by atoms with Crippen molar-refractivity contribution >= 4 is 5.82 Å². The standard InChI is InChI=1S/C14H21FN2/c1-2-13(11-7-4-3-5-8-11)17-14-12(15)9-6-10-16-14/h6,9-11,13H,2-5,7-8H2,1H3,(H,16,17). The minimum absolute atomic E-state index is 0.248.